The zero-order valence-electron chi connectivity index (χ0n) is 22.5. The van der Waals surface area contributed by atoms with E-state index in [0.717, 1.165) is 12.1 Å². The molecule has 6 N–H and O–H groups in total. The third kappa shape index (κ3) is 8.13. The number of rotatable bonds is 11. The maximum absolute atomic E-state index is 13.4. The van der Waals surface area contributed by atoms with Crippen molar-refractivity contribution in [2.45, 2.75) is 26.1 Å². The Morgan fingerprint density at radius 3 is 2.17 bits per heavy atom. The Morgan fingerprint density at radius 2 is 1.55 bits per heavy atom. The Bertz CT molecular complexity index is 1450. The molecule has 0 saturated carbocycles. The summed E-state index contributed by atoms with van der Waals surface area (Å²) in [6.45, 7) is 4.16. The van der Waals surface area contributed by atoms with Crippen molar-refractivity contribution >= 4 is 29.3 Å². The number of amidine groups is 1. The first-order valence-corrected chi connectivity index (χ1v) is 12.5. The smallest absolute Gasteiger partial charge is 0.490 e. The maximum Gasteiger partial charge on any atom is 0.491 e. The fourth-order valence-electron chi connectivity index (χ4n) is 3.64. The van der Waals surface area contributed by atoms with Crippen LogP contribution < -0.4 is 36.1 Å². The Hall–Kier alpha value is -5.27. The summed E-state index contributed by atoms with van der Waals surface area (Å²) in [5, 5.41) is 10.5. The second-order valence-corrected chi connectivity index (χ2v) is 8.47. The molecule has 0 bridgehead atoms. The van der Waals surface area contributed by atoms with Crippen LogP contribution in [0.1, 0.15) is 41.4 Å². The van der Waals surface area contributed by atoms with Gasteiger partial charge in [-0.1, -0.05) is 24.3 Å². The number of carbonyl (C=O) groups is 3. The van der Waals surface area contributed by atoms with Gasteiger partial charge in [0.25, 0.3) is 11.8 Å². The molecule has 1 atom stereocenters. The van der Waals surface area contributed by atoms with Gasteiger partial charge in [0.15, 0.2) is 11.5 Å². The minimum Gasteiger partial charge on any atom is -0.490 e. The van der Waals surface area contributed by atoms with Gasteiger partial charge in [-0.3, -0.25) is 25.8 Å². The molecule has 14 heteroatoms. The maximum atomic E-state index is 13.4. The van der Waals surface area contributed by atoms with E-state index in [9.17, 15) is 27.6 Å². The molecule has 42 heavy (non-hydrogen) atoms. The molecule has 1 unspecified atom stereocenters. The lowest BCUT2D eigenvalue weighted by molar-refractivity contribution is -0.189. The number of carbonyl (C=O) groups excluding carboxylic acids is 3. The molecule has 11 nitrogen and oxygen atoms in total. The van der Waals surface area contributed by atoms with Crippen molar-refractivity contribution in [1.29, 1.82) is 5.41 Å². The first kappa shape index (κ1) is 31.3. The number of ether oxygens (including phenoxy) is 3. The van der Waals surface area contributed by atoms with Gasteiger partial charge < -0.3 is 25.3 Å². The van der Waals surface area contributed by atoms with Crippen LogP contribution in [0, 0.1) is 5.41 Å². The summed E-state index contributed by atoms with van der Waals surface area (Å²) in [4.78, 5) is 37.4. The average molecular weight is 588 g/mol. The number of hydrogen-bond donors (Lipinski definition) is 5. The number of benzene rings is 3. The molecule has 0 saturated heterocycles. The minimum atomic E-state index is -5.31. The predicted molar refractivity (Wildman–Crippen MR) is 146 cm³/mol. The van der Waals surface area contributed by atoms with Crippen LogP contribution in [0.15, 0.2) is 66.7 Å². The molecule has 3 rings (SSSR count). The monoisotopic (exact) mass is 587 g/mol. The molecule has 0 spiro atoms. The van der Waals surface area contributed by atoms with E-state index >= 15 is 0 Å². The first-order chi connectivity index (χ1) is 19.9. The number of nitrogens with one attached hydrogen (secondary N) is 4. The Morgan fingerprint density at radius 1 is 0.881 bits per heavy atom. The lowest BCUT2D eigenvalue weighted by Gasteiger charge is -2.22. The van der Waals surface area contributed by atoms with Crippen molar-refractivity contribution in [3.05, 3.63) is 83.4 Å². The second-order valence-electron chi connectivity index (χ2n) is 8.47. The van der Waals surface area contributed by atoms with Crippen molar-refractivity contribution in [2.75, 3.05) is 18.5 Å². The Balaban J connectivity index is 1.98. The molecule has 2 amide bonds. The third-order valence-electron chi connectivity index (χ3n) is 5.52. The van der Waals surface area contributed by atoms with Crippen LogP contribution in [0.25, 0.3) is 0 Å². The standard InChI is InChI=1S/C28H28F3N5O6/c1-3-40-20-13-10-17(14-22(20)41-4-2)23(26(38)36-35-25(37)16-8-6-5-7-9-16)34-18-11-12-19(24(32)33)21(15-18)42-27(39)28(29,30)31/h5-15,23,34H,3-4H2,1-2H3,(H3,32,33)(H,35,37)(H,36,38). The number of anilines is 1. The van der Waals surface area contributed by atoms with E-state index in [0.29, 0.717) is 23.7 Å². The summed E-state index contributed by atoms with van der Waals surface area (Å²) in [5.41, 5.74) is 10.4. The molecule has 0 fully saturated rings. The first-order valence-electron chi connectivity index (χ1n) is 12.5. The minimum absolute atomic E-state index is 0.0198. The molecule has 222 valence electrons. The number of halogens is 3. The summed E-state index contributed by atoms with van der Waals surface area (Å²) in [6.07, 6.45) is -5.31. The van der Waals surface area contributed by atoms with Crippen molar-refractivity contribution < 1.29 is 41.8 Å². The van der Waals surface area contributed by atoms with Gasteiger partial charge in [0, 0.05) is 17.3 Å². The fourth-order valence-corrected chi connectivity index (χ4v) is 3.64. The van der Waals surface area contributed by atoms with E-state index in [1.54, 1.807) is 56.3 Å². The molecule has 0 radical (unpaired) electrons. The quantitative estimate of drug-likeness (QED) is 0.0742. The van der Waals surface area contributed by atoms with Gasteiger partial charge in [-0.05, 0) is 55.8 Å². The summed E-state index contributed by atoms with van der Waals surface area (Å²) in [7, 11) is 0. The van der Waals surface area contributed by atoms with Crippen LogP contribution in [-0.4, -0.2) is 43.0 Å². The molecule has 0 aliphatic carbocycles. The SMILES string of the molecule is CCOc1ccc(C(Nc2ccc(C(=N)N)c(OC(=O)C(F)(F)F)c2)C(=O)NNC(=O)c2ccccc2)cc1OCC. The molecule has 0 aliphatic rings. The molecular formula is C28H28F3N5O6. The van der Waals surface area contributed by atoms with E-state index in [2.05, 4.69) is 20.9 Å². The zero-order chi connectivity index (χ0) is 30.9. The number of alkyl halides is 3. The highest BCUT2D eigenvalue weighted by Crippen LogP contribution is 2.33. The summed E-state index contributed by atoms with van der Waals surface area (Å²) < 4.78 is 54.3. The van der Waals surface area contributed by atoms with Gasteiger partial charge in [-0.15, -0.1) is 0 Å². The third-order valence-corrected chi connectivity index (χ3v) is 5.52. The lowest BCUT2D eigenvalue weighted by Crippen LogP contribution is -2.45. The normalized spacial score (nSPS) is 11.5. The second kappa shape index (κ2) is 13.9. The van der Waals surface area contributed by atoms with Crippen molar-refractivity contribution in [3.8, 4) is 17.2 Å². The van der Waals surface area contributed by atoms with Crippen LogP contribution in [-0.2, 0) is 9.59 Å². The fraction of sp³-hybridized carbons (Fsp3) is 0.214. The van der Waals surface area contributed by atoms with Crippen LogP contribution >= 0.6 is 0 Å². The summed E-state index contributed by atoms with van der Waals surface area (Å²) in [5.74, 6) is -4.48. The van der Waals surface area contributed by atoms with Crippen molar-refractivity contribution in [3.63, 3.8) is 0 Å². The highest BCUT2D eigenvalue weighted by atomic mass is 19.4. The largest absolute Gasteiger partial charge is 0.491 e. The van der Waals surface area contributed by atoms with Crippen LogP contribution in [0.5, 0.6) is 17.2 Å². The molecule has 0 aliphatic heterocycles. The van der Waals surface area contributed by atoms with Gasteiger partial charge in [-0.2, -0.15) is 13.2 Å². The van der Waals surface area contributed by atoms with E-state index in [4.69, 9.17) is 20.6 Å². The molecule has 3 aromatic carbocycles. The molecular weight excluding hydrogens is 559 g/mol. The Kier molecular flexibility index (Phi) is 10.3. The van der Waals surface area contributed by atoms with Crippen LogP contribution in [0.3, 0.4) is 0 Å². The van der Waals surface area contributed by atoms with E-state index < -0.39 is 41.6 Å². The van der Waals surface area contributed by atoms with Gasteiger partial charge in [0.1, 0.15) is 17.6 Å². The van der Waals surface area contributed by atoms with Gasteiger partial charge in [-0.25, -0.2) is 4.79 Å². The van der Waals surface area contributed by atoms with Gasteiger partial charge >= 0.3 is 12.1 Å². The number of amides is 2. The summed E-state index contributed by atoms with van der Waals surface area (Å²) >= 11 is 0. The van der Waals surface area contributed by atoms with E-state index in [1.165, 1.54) is 12.1 Å². The van der Waals surface area contributed by atoms with E-state index in [1.807, 2.05) is 0 Å². The lowest BCUT2D eigenvalue weighted by atomic mass is 10.0. The number of hydrogen-bond acceptors (Lipinski definition) is 8. The van der Waals surface area contributed by atoms with Gasteiger partial charge in [0.05, 0.1) is 18.8 Å². The predicted octanol–water partition coefficient (Wildman–Crippen LogP) is 3.85. The topological polar surface area (TPSA) is 165 Å². The zero-order valence-corrected chi connectivity index (χ0v) is 22.5. The number of nitrogens with two attached hydrogens (primary N) is 1. The van der Waals surface area contributed by atoms with Gasteiger partial charge in [0.2, 0.25) is 0 Å². The molecule has 0 aromatic heterocycles. The Labute approximate surface area is 238 Å². The molecule has 3 aromatic rings. The van der Waals surface area contributed by atoms with Crippen LogP contribution in [0.4, 0.5) is 18.9 Å². The highest BCUT2D eigenvalue weighted by molar-refractivity contribution is 5.99. The number of esters is 1. The molecule has 0 heterocycles. The van der Waals surface area contributed by atoms with Crippen molar-refractivity contribution in [2.24, 2.45) is 5.73 Å². The highest BCUT2D eigenvalue weighted by Gasteiger charge is 2.42. The number of hydrazine groups is 1. The van der Waals surface area contributed by atoms with Crippen LogP contribution in [0.2, 0.25) is 0 Å². The average Bonchev–Trinajstić information content (AvgIpc) is 2.95. The van der Waals surface area contributed by atoms with Crippen molar-refractivity contribution in [1.82, 2.24) is 10.9 Å². The van der Waals surface area contributed by atoms with E-state index in [-0.39, 0.29) is 23.4 Å². The number of nitrogen functional groups attached to an aromatic ring is 1. The summed E-state index contributed by atoms with van der Waals surface area (Å²) in [6, 6.07) is 14.9.